The van der Waals surface area contributed by atoms with Gasteiger partial charge in [0, 0.05) is 11.6 Å². The normalized spacial score (nSPS) is 12.3. The lowest BCUT2D eigenvalue weighted by molar-refractivity contribution is -0.386. The predicted molar refractivity (Wildman–Crippen MR) is 74.1 cm³/mol. The van der Waals surface area contributed by atoms with Gasteiger partial charge in [0.15, 0.2) is 5.75 Å². The van der Waals surface area contributed by atoms with Gasteiger partial charge in [-0.2, -0.15) is 0 Å². The molecule has 0 saturated heterocycles. The largest absolute Gasteiger partial charge is 0.502 e. The van der Waals surface area contributed by atoms with E-state index in [0.717, 1.165) is 18.2 Å². The van der Waals surface area contributed by atoms with Crippen LogP contribution in [0.4, 0.5) is 5.69 Å². The summed E-state index contributed by atoms with van der Waals surface area (Å²) in [5, 5.41) is 20.1. The number of rotatable bonds is 6. The lowest BCUT2D eigenvalue weighted by Gasteiger charge is -2.27. The van der Waals surface area contributed by atoms with Gasteiger partial charge in [-0.1, -0.05) is 13.8 Å². The smallest absolute Gasteiger partial charge is 0.312 e. The lowest BCUT2D eigenvalue weighted by atomic mass is 9.98. The first-order valence-corrected chi connectivity index (χ1v) is 7.65. The SMILES string of the molecule is CCC(C)(CC)NS(=O)(=O)c1ccc(O)c([N+](=O)[O-])c1. The summed E-state index contributed by atoms with van der Waals surface area (Å²) in [4.78, 5) is 9.66. The van der Waals surface area contributed by atoms with Crippen LogP contribution in [0.1, 0.15) is 33.6 Å². The molecule has 1 aromatic rings. The van der Waals surface area contributed by atoms with E-state index in [4.69, 9.17) is 0 Å². The molecule has 0 radical (unpaired) electrons. The summed E-state index contributed by atoms with van der Waals surface area (Å²) in [6.07, 6.45) is 1.17. The van der Waals surface area contributed by atoms with Crippen molar-refractivity contribution in [3.05, 3.63) is 28.3 Å². The summed E-state index contributed by atoms with van der Waals surface area (Å²) in [5.41, 5.74) is -1.26. The van der Waals surface area contributed by atoms with E-state index in [2.05, 4.69) is 4.72 Å². The monoisotopic (exact) mass is 302 g/mol. The third kappa shape index (κ3) is 3.45. The highest BCUT2D eigenvalue weighted by Crippen LogP contribution is 2.29. The van der Waals surface area contributed by atoms with Gasteiger partial charge in [0.1, 0.15) is 0 Å². The van der Waals surface area contributed by atoms with Gasteiger partial charge in [0.25, 0.3) is 0 Å². The van der Waals surface area contributed by atoms with Crippen molar-refractivity contribution in [1.29, 1.82) is 0 Å². The maximum absolute atomic E-state index is 12.2. The van der Waals surface area contributed by atoms with Crippen LogP contribution in [0.5, 0.6) is 5.75 Å². The van der Waals surface area contributed by atoms with Gasteiger partial charge in [-0.25, -0.2) is 13.1 Å². The third-order valence-electron chi connectivity index (χ3n) is 3.40. The van der Waals surface area contributed by atoms with Crippen LogP contribution in [-0.2, 0) is 10.0 Å². The molecule has 1 rings (SSSR count). The van der Waals surface area contributed by atoms with Crippen molar-refractivity contribution >= 4 is 15.7 Å². The molecule has 0 heterocycles. The number of nitro groups is 1. The first kappa shape index (κ1) is 16.4. The fraction of sp³-hybridized carbons (Fsp3) is 0.500. The number of hydrogen-bond acceptors (Lipinski definition) is 5. The Hall–Kier alpha value is -1.67. The van der Waals surface area contributed by atoms with Crippen molar-refractivity contribution in [2.24, 2.45) is 0 Å². The number of nitro benzene ring substituents is 1. The van der Waals surface area contributed by atoms with E-state index in [9.17, 15) is 23.6 Å². The van der Waals surface area contributed by atoms with Crippen LogP contribution in [0.25, 0.3) is 0 Å². The van der Waals surface area contributed by atoms with Crippen LogP contribution in [0, 0.1) is 10.1 Å². The molecular weight excluding hydrogens is 284 g/mol. The first-order valence-electron chi connectivity index (χ1n) is 6.16. The Morgan fingerprint density at radius 1 is 1.35 bits per heavy atom. The van der Waals surface area contributed by atoms with Gasteiger partial charge in [-0.3, -0.25) is 10.1 Å². The van der Waals surface area contributed by atoms with Crippen LogP contribution in [0.15, 0.2) is 23.1 Å². The van der Waals surface area contributed by atoms with Crippen LogP contribution < -0.4 is 4.72 Å². The average Bonchev–Trinajstić information content (AvgIpc) is 2.38. The van der Waals surface area contributed by atoms with Crippen molar-refractivity contribution in [3.63, 3.8) is 0 Å². The molecule has 1 aromatic carbocycles. The number of phenols is 1. The zero-order valence-corrected chi connectivity index (χ0v) is 12.4. The molecule has 0 bridgehead atoms. The van der Waals surface area contributed by atoms with E-state index in [1.54, 1.807) is 6.92 Å². The number of aromatic hydroxyl groups is 1. The Labute approximate surface area is 117 Å². The zero-order chi connectivity index (χ0) is 15.6. The highest BCUT2D eigenvalue weighted by Gasteiger charge is 2.29. The number of benzene rings is 1. The Kier molecular flexibility index (Phi) is 4.72. The van der Waals surface area contributed by atoms with E-state index in [1.165, 1.54) is 0 Å². The second-order valence-electron chi connectivity index (χ2n) is 4.78. The maximum atomic E-state index is 12.2. The highest BCUT2D eigenvalue weighted by atomic mass is 32.2. The second-order valence-corrected chi connectivity index (χ2v) is 6.46. The summed E-state index contributed by atoms with van der Waals surface area (Å²) in [5.74, 6) is -0.567. The fourth-order valence-corrected chi connectivity index (χ4v) is 3.16. The second kappa shape index (κ2) is 5.76. The number of sulfonamides is 1. The molecule has 0 aromatic heterocycles. The minimum atomic E-state index is -3.88. The van der Waals surface area contributed by atoms with E-state index < -0.39 is 31.9 Å². The molecule has 0 spiro atoms. The van der Waals surface area contributed by atoms with Gasteiger partial charge in [-0.05, 0) is 31.9 Å². The minimum absolute atomic E-state index is 0.241. The third-order valence-corrected chi connectivity index (χ3v) is 5.03. The Morgan fingerprint density at radius 3 is 2.35 bits per heavy atom. The van der Waals surface area contributed by atoms with Crippen LogP contribution in [-0.4, -0.2) is 24.0 Å². The van der Waals surface area contributed by atoms with Crippen molar-refractivity contribution in [1.82, 2.24) is 4.72 Å². The zero-order valence-electron chi connectivity index (χ0n) is 11.6. The lowest BCUT2D eigenvalue weighted by Crippen LogP contribution is -2.44. The molecule has 0 aliphatic carbocycles. The van der Waals surface area contributed by atoms with Crippen molar-refractivity contribution in [3.8, 4) is 5.75 Å². The predicted octanol–water partition coefficient (Wildman–Crippen LogP) is 2.16. The van der Waals surface area contributed by atoms with Gasteiger partial charge in [0.2, 0.25) is 10.0 Å². The van der Waals surface area contributed by atoms with Gasteiger partial charge in [0.05, 0.1) is 9.82 Å². The van der Waals surface area contributed by atoms with E-state index in [1.807, 2.05) is 13.8 Å². The summed E-state index contributed by atoms with van der Waals surface area (Å²) >= 11 is 0. The fourth-order valence-electron chi connectivity index (χ4n) is 1.59. The first-order chi connectivity index (χ1) is 9.15. The average molecular weight is 302 g/mol. The van der Waals surface area contributed by atoms with Crippen LogP contribution >= 0.6 is 0 Å². The molecule has 2 N–H and O–H groups in total. The Morgan fingerprint density at radius 2 is 1.90 bits per heavy atom. The molecule has 0 aliphatic heterocycles. The summed E-state index contributed by atoms with van der Waals surface area (Å²) in [7, 11) is -3.88. The quantitative estimate of drug-likeness (QED) is 0.618. The summed E-state index contributed by atoms with van der Waals surface area (Å²) in [6.45, 7) is 5.47. The molecule has 8 heteroatoms. The van der Waals surface area contributed by atoms with Crippen LogP contribution in [0.2, 0.25) is 0 Å². The summed E-state index contributed by atoms with van der Waals surface area (Å²) < 4.78 is 27.0. The topological polar surface area (TPSA) is 110 Å². The molecule has 0 amide bonds. The molecule has 0 saturated carbocycles. The van der Waals surface area contributed by atoms with E-state index in [-0.39, 0.29) is 4.90 Å². The molecule has 0 atom stereocenters. The number of phenolic OH excluding ortho intramolecular Hbond substituents is 1. The summed E-state index contributed by atoms with van der Waals surface area (Å²) in [6, 6.07) is 2.99. The molecular formula is C12H18N2O5S. The van der Waals surface area contributed by atoms with Gasteiger partial charge in [-0.15, -0.1) is 0 Å². The molecule has 0 fully saturated rings. The number of nitrogens with one attached hydrogen (secondary N) is 1. The minimum Gasteiger partial charge on any atom is -0.502 e. The Balaban J connectivity index is 3.23. The molecule has 20 heavy (non-hydrogen) atoms. The van der Waals surface area contributed by atoms with Gasteiger partial charge >= 0.3 is 5.69 Å². The number of hydrogen-bond donors (Lipinski definition) is 2. The molecule has 0 aliphatic rings. The van der Waals surface area contributed by atoms with E-state index in [0.29, 0.717) is 12.8 Å². The molecule has 112 valence electrons. The Bertz CT molecular complexity index is 608. The number of nitrogens with zero attached hydrogens (tertiary/aromatic N) is 1. The standard InChI is InChI=1S/C12H18N2O5S/c1-4-12(3,5-2)13-20(18,19)9-6-7-11(15)10(8-9)14(16)17/h6-8,13,15H,4-5H2,1-3H3. The van der Waals surface area contributed by atoms with E-state index >= 15 is 0 Å². The molecule has 7 nitrogen and oxygen atoms in total. The maximum Gasteiger partial charge on any atom is 0.312 e. The van der Waals surface area contributed by atoms with Crippen molar-refractivity contribution < 1.29 is 18.4 Å². The van der Waals surface area contributed by atoms with Crippen molar-refractivity contribution in [2.45, 2.75) is 44.0 Å². The molecule has 0 unspecified atom stereocenters. The van der Waals surface area contributed by atoms with Gasteiger partial charge < -0.3 is 5.11 Å². The highest BCUT2D eigenvalue weighted by molar-refractivity contribution is 7.89. The van der Waals surface area contributed by atoms with Crippen molar-refractivity contribution in [2.75, 3.05) is 0 Å². The van der Waals surface area contributed by atoms with Crippen LogP contribution in [0.3, 0.4) is 0 Å².